The summed E-state index contributed by atoms with van der Waals surface area (Å²) in [6.07, 6.45) is 1.02. The maximum atomic E-state index is 9.90. The van der Waals surface area contributed by atoms with Crippen LogP contribution in [0.15, 0.2) is 0 Å². The number of carboxylic acid groups (broad SMARTS) is 2. The van der Waals surface area contributed by atoms with Crippen molar-refractivity contribution in [2.45, 2.75) is 25.7 Å². The molecule has 0 aromatic heterocycles. The van der Waals surface area contributed by atoms with E-state index in [0.717, 1.165) is 0 Å². The Morgan fingerprint density at radius 1 is 0.917 bits per heavy atom. The molecule has 12 heavy (non-hydrogen) atoms. The monoisotopic (exact) mass is 273 g/mol. The average Bonchev–Trinajstić information content (AvgIpc) is 1.79. The number of carboxylic acids is 2. The number of hydrogen-bond acceptors (Lipinski definition) is 2. The first-order valence-corrected chi connectivity index (χ1v) is 3.06. The van der Waals surface area contributed by atoms with E-state index in [9.17, 15) is 9.59 Å². The van der Waals surface area contributed by atoms with Gasteiger partial charge in [-0.1, -0.05) is 0 Å². The molecule has 0 spiro atoms. The summed E-state index contributed by atoms with van der Waals surface area (Å²) >= 11 is 0. The van der Waals surface area contributed by atoms with Crippen LogP contribution in [0, 0.1) is 0 Å². The van der Waals surface area contributed by atoms with Crippen molar-refractivity contribution in [3.8, 4) is 0 Å². The molecule has 0 unspecified atom stereocenters. The van der Waals surface area contributed by atoms with Crippen molar-refractivity contribution in [3.05, 3.63) is 0 Å². The second kappa shape index (κ2) is 11.1. The number of carbonyl (C=O) groups is 2. The van der Waals surface area contributed by atoms with Crippen LogP contribution in [0.4, 0.5) is 0 Å². The van der Waals surface area contributed by atoms with Gasteiger partial charge in [-0.2, -0.15) is 0 Å². The zero-order chi connectivity index (χ0) is 7.98. The van der Waals surface area contributed by atoms with Crippen molar-refractivity contribution in [2.24, 2.45) is 0 Å². The van der Waals surface area contributed by atoms with Crippen LogP contribution in [0.25, 0.3) is 0 Å². The summed E-state index contributed by atoms with van der Waals surface area (Å²) in [5.74, 6) is -1.74. The smallest absolute Gasteiger partial charge is 0.481 e. The number of hydrogen-bond donors (Lipinski definition) is 2. The molecule has 0 rings (SSSR count). The maximum Gasteiger partial charge on any atom is 2.00 e. The Balaban J connectivity index is -0.000000405. The standard InChI is InChI=1S/C6H10O4.Cu.Zn/c7-5(8)3-1-2-4-6(9)10;;/h1-4H2,(H,7,8)(H,9,10);;/q;2*+2. The number of rotatable bonds is 5. The van der Waals surface area contributed by atoms with Gasteiger partial charge in [0.05, 0.1) is 0 Å². The molecule has 0 aliphatic heterocycles. The third-order valence-electron chi connectivity index (χ3n) is 1.03. The van der Waals surface area contributed by atoms with E-state index >= 15 is 0 Å². The Kier molecular flexibility index (Phi) is 16.6. The van der Waals surface area contributed by atoms with Gasteiger partial charge in [0.2, 0.25) is 0 Å². The van der Waals surface area contributed by atoms with Gasteiger partial charge in [0, 0.05) is 12.8 Å². The number of unbranched alkanes of at least 4 members (excludes halogenated alkanes) is 1. The molecular weight excluding hydrogens is 265 g/mol. The van der Waals surface area contributed by atoms with E-state index in [2.05, 4.69) is 0 Å². The molecule has 0 heterocycles. The van der Waals surface area contributed by atoms with Crippen LogP contribution >= 0.6 is 0 Å². The van der Waals surface area contributed by atoms with E-state index in [1.807, 2.05) is 0 Å². The summed E-state index contributed by atoms with van der Waals surface area (Å²) in [6, 6.07) is 0. The van der Waals surface area contributed by atoms with Crippen LogP contribution in [-0.4, -0.2) is 22.2 Å². The van der Waals surface area contributed by atoms with E-state index in [1.165, 1.54) is 0 Å². The summed E-state index contributed by atoms with van der Waals surface area (Å²) in [4.78, 5) is 19.8. The van der Waals surface area contributed by atoms with Gasteiger partial charge < -0.3 is 10.2 Å². The Morgan fingerprint density at radius 3 is 1.33 bits per heavy atom. The van der Waals surface area contributed by atoms with Crippen molar-refractivity contribution in [2.75, 3.05) is 0 Å². The minimum atomic E-state index is -0.870. The molecule has 0 fully saturated rings. The van der Waals surface area contributed by atoms with Crippen molar-refractivity contribution in [3.63, 3.8) is 0 Å². The predicted molar refractivity (Wildman–Crippen MR) is 33.7 cm³/mol. The van der Waals surface area contributed by atoms with E-state index < -0.39 is 11.9 Å². The minimum absolute atomic E-state index is 0. The molecule has 1 radical (unpaired) electrons. The molecule has 0 amide bonds. The molecule has 0 saturated carbocycles. The van der Waals surface area contributed by atoms with Crippen molar-refractivity contribution >= 4 is 11.9 Å². The first-order chi connectivity index (χ1) is 4.63. The third-order valence-corrected chi connectivity index (χ3v) is 1.03. The van der Waals surface area contributed by atoms with Gasteiger partial charge in [-0.15, -0.1) is 0 Å². The molecule has 2 N–H and O–H groups in total. The topological polar surface area (TPSA) is 74.6 Å². The zero-order valence-corrected chi connectivity index (χ0v) is 10.5. The van der Waals surface area contributed by atoms with Gasteiger partial charge in [-0.3, -0.25) is 9.59 Å². The summed E-state index contributed by atoms with van der Waals surface area (Å²) in [6.45, 7) is 0. The zero-order valence-electron chi connectivity index (χ0n) is 6.55. The molecule has 0 aliphatic rings. The summed E-state index contributed by atoms with van der Waals surface area (Å²) in [5.41, 5.74) is 0. The van der Waals surface area contributed by atoms with Gasteiger partial charge in [-0.05, 0) is 12.8 Å². The van der Waals surface area contributed by atoms with Crippen LogP contribution in [0.3, 0.4) is 0 Å². The SMILES string of the molecule is O=C(O)CCCCC(=O)O.[Cu+2].[Zn+2]. The van der Waals surface area contributed by atoms with Gasteiger partial charge in [-0.25, -0.2) is 0 Å². The second-order valence-electron chi connectivity index (χ2n) is 1.99. The molecular formula is C6H10CuO4Zn+4. The molecule has 0 aromatic carbocycles. The van der Waals surface area contributed by atoms with E-state index in [0.29, 0.717) is 12.8 Å². The Hall–Kier alpha value is 0.0829. The number of aliphatic carboxylic acids is 2. The fraction of sp³-hybridized carbons (Fsp3) is 0.667. The maximum absolute atomic E-state index is 9.90. The predicted octanol–water partition coefficient (Wildman–Crippen LogP) is 0.711. The average molecular weight is 275 g/mol. The van der Waals surface area contributed by atoms with Crippen LogP contribution < -0.4 is 0 Å². The van der Waals surface area contributed by atoms with Crippen LogP contribution in [0.2, 0.25) is 0 Å². The third kappa shape index (κ3) is 16.6. The first kappa shape index (κ1) is 18.0. The van der Waals surface area contributed by atoms with Gasteiger partial charge >= 0.3 is 48.5 Å². The fourth-order valence-electron chi connectivity index (χ4n) is 0.552. The molecule has 4 nitrogen and oxygen atoms in total. The fourth-order valence-corrected chi connectivity index (χ4v) is 0.552. The van der Waals surface area contributed by atoms with Gasteiger partial charge in [0.25, 0.3) is 0 Å². The summed E-state index contributed by atoms with van der Waals surface area (Å²) in [5, 5.41) is 16.3. The molecule has 0 atom stereocenters. The van der Waals surface area contributed by atoms with E-state index in [4.69, 9.17) is 10.2 Å². The molecule has 67 valence electrons. The molecule has 6 heteroatoms. The van der Waals surface area contributed by atoms with E-state index in [-0.39, 0.29) is 49.4 Å². The van der Waals surface area contributed by atoms with Crippen molar-refractivity contribution in [1.82, 2.24) is 0 Å². The van der Waals surface area contributed by atoms with Crippen LogP contribution in [0.5, 0.6) is 0 Å². The molecule has 0 bridgehead atoms. The van der Waals surface area contributed by atoms with E-state index in [1.54, 1.807) is 0 Å². The van der Waals surface area contributed by atoms with Crippen LogP contribution in [0.1, 0.15) is 25.7 Å². The van der Waals surface area contributed by atoms with Gasteiger partial charge in [0.1, 0.15) is 0 Å². The van der Waals surface area contributed by atoms with Crippen molar-refractivity contribution in [1.29, 1.82) is 0 Å². The summed E-state index contributed by atoms with van der Waals surface area (Å²) < 4.78 is 0. The normalized spacial score (nSPS) is 7.67. The molecule has 0 saturated heterocycles. The Labute approximate surface area is 94.0 Å². The Morgan fingerprint density at radius 2 is 1.17 bits per heavy atom. The van der Waals surface area contributed by atoms with Crippen LogP contribution in [-0.2, 0) is 46.1 Å². The summed E-state index contributed by atoms with van der Waals surface area (Å²) in [7, 11) is 0. The second-order valence-corrected chi connectivity index (χ2v) is 1.99. The molecule has 0 aliphatic carbocycles. The Bertz CT molecular complexity index is 124. The largest absolute Gasteiger partial charge is 2.00 e. The minimum Gasteiger partial charge on any atom is -0.481 e. The molecule has 0 aromatic rings. The van der Waals surface area contributed by atoms with Crippen molar-refractivity contribution < 1.29 is 56.3 Å². The quantitative estimate of drug-likeness (QED) is 0.572. The van der Waals surface area contributed by atoms with Gasteiger partial charge in [0.15, 0.2) is 0 Å². The first-order valence-electron chi connectivity index (χ1n) is 3.06.